The molecule has 4 rings (SSSR count). The molecular formula is C15H15FN4O2S. The van der Waals surface area contributed by atoms with E-state index in [1.807, 2.05) is 0 Å². The number of nitrogens with one attached hydrogen (secondary N) is 2. The van der Waals surface area contributed by atoms with Gasteiger partial charge in [0, 0.05) is 18.1 Å². The summed E-state index contributed by atoms with van der Waals surface area (Å²) in [6.07, 6.45) is 3.25. The average molecular weight is 334 g/mol. The molecule has 3 unspecified atom stereocenters. The van der Waals surface area contributed by atoms with Crippen molar-refractivity contribution in [1.82, 2.24) is 20.8 Å². The summed E-state index contributed by atoms with van der Waals surface area (Å²) in [7, 11) is 0. The summed E-state index contributed by atoms with van der Waals surface area (Å²) in [4.78, 5) is 12.3. The maximum absolute atomic E-state index is 12.9. The Morgan fingerprint density at radius 1 is 1.30 bits per heavy atom. The smallest absolute Gasteiger partial charge is 0.300 e. The molecule has 1 aromatic heterocycles. The highest BCUT2D eigenvalue weighted by Crippen LogP contribution is 2.29. The highest BCUT2D eigenvalue weighted by molar-refractivity contribution is 7.15. The number of aromatic nitrogens is 2. The molecule has 2 bridgehead atoms. The molecule has 2 aliphatic rings. The van der Waals surface area contributed by atoms with Gasteiger partial charge in [-0.25, -0.2) is 4.39 Å². The molecule has 1 amide bonds. The normalized spacial score (nSPS) is 25.5. The first-order valence-electron chi connectivity index (χ1n) is 7.51. The van der Waals surface area contributed by atoms with Gasteiger partial charge in [-0.1, -0.05) is 5.10 Å². The van der Waals surface area contributed by atoms with Gasteiger partial charge < -0.3 is 15.4 Å². The van der Waals surface area contributed by atoms with Crippen LogP contribution < -0.4 is 15.4 Å². The van der Waals surface area contributed by atoms with Crippen LogP contribution >= 0.6 is 11.3 Å². The SMILES string of the molecule is O=C(NC1CC2CCC1N2)c1nnc(Oc2ccc(F)cc2)s1. The van der Waals surface area contributed by atoms with Gasteiger partial charge in [0.05, 0.1) is 0 Å². The first-order chi connectivity index (χ1) is 11.2. The summed E-state index contributed by atoms with van der Waals surface area (Å²) in [5.74, 6) is -0.114. The van der Waals surface area contributed by atoms with Crippen LogP contribution in [0.5, 0.6) is 10.9 Å². The molecule has 2 fully saturated rings. The van der Waals surface area contributed by atoms with Crippen LogP contribution in [0.4, 0.5) is 4.39 Å². The highest BCUT2D eigenvalue weighted by Gasteiger charge is 2.40. The molecule has 0 radical (unpaired) electrons. The minimum atomic E-state index is -0.339. The predicted molar refractivity (Wildman–Crippen MR) is 82.2 cm³/mol. The maximum Gasteiger partial charge on any atom is 0.300 e. The fraction of sp³-hybridized carbons (Fsp3) is 0.400. The molecule has 2 aromatic rings. The van der Waals surface area contributed by atoms with Crippen molar-refractivity contribution >= 4 is 17.2 Å². The minimum absolute atomic E-state index is 0.159. The lowest BCUT2D eigenvalue weighted by Gasteiger charge is -2.20. The van der Waals surface area contributed by atoms with Crippen LogP contribution in [-0.2, 0) is 0 Å². The first-order valence-corrected chi connectivity index (χ1v) is 8.33. The molecule has 6 nitrogen and oxygen atoms in total. The van der Waals surface area contributed by atoms with E-state index >= 15 is 0 Å². The van der Waals surface area contributed by atoms with Crippen molar-refractivity contribution in [3.8, 4) is 10.9 Å². The molecule has 1 aromatic carbocycles. The van der Waals surface area contributed by atoms with E-state index in [0.717, 1.165) is 24.2 Å². The number of rotatable bonds is 4. The second kappa shape index (κ2) is 5.86. The zero-order valence-corrected chi connectivity index (χ0v) is 13.0. The second-order valence-electron chi connectivity index (χ2n) is 5.79. The molecule has 23 heavy (non-hydrogen) atoms. The van der Waals surface area contributed by atoms with Crippen LogP contribution in [0.2, 0.25) is 0 Å². The number of hydrogen-bond acceptors (Lipinski definition) is 6. The molecule has 3 atom stereocenters. The summed E-state index contributed by atoms with van der Waals surface area (Å²) < 4.78 is 18.3. The number of benzene rings is 1. The Morgan fingerprint density at radius 2 is 2.13 bits per heavy atom. The van der Waals surface area contributed by atoms with Crippen molar-refractivity contribution in [3.05, 3.63) is 35.1 Å². The van der Waals surface area contributed by atoms with Gasteiger partial charge in [0.2, 0.25) is 5.01 Å². The molecule has 2 N–H and O–H groups in total. The number of hydrogen-bond donors (Lipinski definition) is 2. The Morgan fingerprint density at radius 3 is 2.83 bits per heavy atom. The van der Waals surface area contributed by atoms with Gasteiger partial charge in [0.15, 0.2) is 0 Å². The average Bonchev–Trinajstić information content (AvgIpc) is 3.26. The summed E-state index contributed by atoms with van der Waals surface area (Å²) >= 11 is 1.07. The molecule has 3 heterocycles. The minimum Gasteiger partial charge on any atom is -0.430 e. The van der Waals surface area contributed by atoms with Crippen molar-refractivity contribution in [2.45, 2.75) is 37.4 Å². The van der Waals surface area contributed by atoms with Crippen molar-refractivity contribution in [3.63, 3.8) is 0 Å². The Labute approximate surface area is 136 Å². The second-order valence-corrected chi connectivity index (χ2v) is 6.73. The fourth-order valence-electron chi connectivity index (χ4n) is 3.16. The third-order valence-electron chi connectivity index (χ3n) is 4.24. The highest BCUT2D eigenvalue weighted by atomic mass is 32.1. The number of carbonyl (C=O) groups is 1. The van der Waals surface area contributed by atoms with Crippen LogP contribution in [0.15, 0.2) is 24.3 Å². The van der Waals surface area contributed by atoms with Crippen LogP contribution in [-0.4, -0.2) is 34.2 Å². The predicted octanol–water partition coefficient (Wildman–Crippen LogP) is 2.09. The van der Waals surface area contributed by atoms with E-state index in [1.165, 1.54) is 30.7 Å². The van der Waals surface area contributed by atoms with E-state index in [-0.39, 0.29) is 28.0 Å². The fourth-order valence-corrected chi connectivity index (χ4v) is 3.78. The number of halogens is 1. The van der Waals surface area contributed by atoms with Crippen molar-refractivity contribution in [1.29, 1.82) is 0 Å². The molecule has 0 saturated carbocycles. The summed E-state index contributed by atoms with van der Waals surface area (Å²) in [5, 5.41) is 14.7. The van der Waals surface area contributed by atoms with Crippen molar-refractivity contribution in [2.24, 2.45) is 0 Å². The van der Waals surface area contributed by atoms with Gasteiger partial charge in [-0.05, 0) is 54.9 Å². The number of fused-ring (bicyclic) bond motifs is 2. The third kappa shape index (κ3) is 3.04. The van der Waals surface area contributed by atoms with Gasteiger partial charge >= 0.3 is 0 Å². The largest absolute Gasteiger partial charge is 0.430 e. The Balaban J connectivity index is 1.39. The molecule has 0 aliphatic carbocycles. The van der Waals surface area contributed by atoms with Gasteiger partial charge in [-0.3, -0.25) is 4.79 Å². The lowest BCUT2D eigenvalue weighted by molar-refractivity contribution is 0.0930. The topological polar surface area (TPSA) is 76.1 Å². The van der Waals surface area contributed by atoms with E-state index in [4.69, 9.17) is 4.74 Å². The summed E-state index contributed by atoms with van der Waals surface area (Å²) in [5.41, 5.74) is 0. The van der Waals surface area contributed by atoms with E-state index in [1.54, 1.807) is 0 Å². The van der Waals surface area contributed by atoms with Gasteiger partial charge in [0.25, 0.3) is 11.1 Å². The Bertz CT molecular complexity index is 721. The van der Waals surface area contributed by atoms with E-state index in [2.05, 4.69) is 20.8 Å². The standard InChI is InChI=1S/C15H15FN4O2S/c16-8-1-4-10(5-2-8)22-15-20-19-14(23-15)13(21)18-12-7-9-3-6-11(12)17-9/h1-2,4-5,9,11-12,17H,3,6-7H2,(H,18,21). The zero-order valence-electron chi connectivity index (χ0n) is 12.2. The molecule has 2 saturated heterocycles. The van der Waals surface area contributed by atoms with Crippen LogP contribution in [0, 0.1) is 5.82 Å². The van der Waals surface area contributed by atoms with Crippen LogP contribution in [0.3, 0.4) is 0 Å². The van der Waals surface area contributed by atoms with Gasteiger partial charge in [-0.2, -0.15) is 0 Å². The molecule has 120 valence electrons. The lowest BCUT2D eigenvalue weighted by atomic mass is 9.95. The first kappa shape index (κ1) is 14.5. The quantitative estimate of drug-likeness (QED) is 0.895. The van der Waals surface area contributed by atoms with E-state index < -0.39 is 0 Å². The lowest BCUT2D eigenvalue weighted by Crippen LogP contribution is -2.42. The Kier molecular flexibility index (Phi) is 3.70. The summed E-state index contributed by atoms with van der Waals surface area (Å²) in [6.45, 7) is 0. The van der Waals surface area contributed by atoms with E-state index in [0.29, 0.717) is 17.8 Å². The van der Waals surface area contributed by atoms with Gasteiger partial charge in [0.1, 0.15) is 11.6 Å². The molecule has 0 spiro atoms. The van der Waals surface area contributed by atoms with Crippen LogP contribution in [0.25, 0.3) is 0 Å². The Hall–Kier alpha value is -2.06. The maximum atomic E-state index is 12.9. The molecule has 2 aliphatic heterocycles. The zero-order chi connectivity index (χ0) is 15.8. The molecular weight excluding hydrogens is 319 g/mol. The number of ether oxygens (including phenoxy) is 1. The molecule has 8 heteroatoms. The number of carbonyl (C=O) groups excluding carboxylic acids is 1. The van der Waals surface area contributed by atoms with E-state index in [9.17, 15) is 9.18 Å². The van der Waals surface area contributed by atoms with Gasteiger partial charge in [-0.15, -0.1) is 5.10 Å². The van der Waals surface area contributed by atoms with Crippen molar-refractivity contribution in [2.75, 3.05) is 0 Å². The number of nitrogens with zero attached hydrogens (tertiary/aromatic N) is 2. The monoisotopic (exact) mass is 334 g/mol. The van der Waals surface area contributed by atoms with Crippen LogP contribution in [0.1, 0.15) is 29.1 Å². The number of amides is 1. The third-order valence-corrected chi connectivity index (χ3v) is 5.04. The van der Waals surface area contributed by atoms with Crippen molar-refractivity contribution < 1.29 is 13.9 Å². The summed E-state index contributed by atoms with van der Waals surface area (Å²) in [6, 6.07) is 6.64.